The number of hydrogen-bond donors (Lipinski definition) is 0. The zero-order valence-corrected chi connectivity index (χ0v) is 16.4. The molecule has 0 saturated heterocycles. The van der Waals surface area contributed by atoms with E-state index in [1.165, 1.54) is 25.7 Å². The summed E-state index contributed by atoms with van der Waals surface area (Å²) in [6.07, 6.45) is 25.0. The summed E-state index contributed by atoms with van der Waals surface area (Å²) in [6, 6.07) is 0. The van der Waals surface area contributed by atoms with E-state index in [1.54, 1.807) is 77.0 Å². The van der Waals surface area contributed by atoms with Gasteiger partial charge in [0, 0.05) is 0 Å². The topological polar surface area (TPSA) is 0 Å². The van der Waals surface area contributed by atoms with Gasteiger partial charge in [0.2, 0.25) is 0 Å². The van der Waals surface area contributed by atoms with Crippen molar-refractivity contribution in [2.75, 3.05) is 0 Å². The third kappa shape index (κ3) is 3.73. The first-order valence-corrected chi connectivity index (χ1v) is 11.8. The lowest BCUT2D eigenvalue weighted by molar-refractivity contribution is -0.0000617. The predicted molar refractivity (Wildman–Crippen MR) is 104 cm³/mol. The van der Waals surface area contributed by atoms with Crippen molar-refractivity contribution in [3.05, 3.63) is 0 Å². The summed E-state index contributed by atoms with van der Waals surface area (Å²) in [7, 11) is 0. The Morgan fingerprint density at radius 2 is 1.29 bits per heavy atom. The van der Waals surface area contributed by atoms with E-state index in [1.807, 2.05) is 0 Å². The smallest absolute Gasteiger partial charge is 0.0324 e. The van der Waals surface area contributed by atoms with E-state index >= 15 is 0 Å². The zero-order valence-electron chi connectivity index (χ0n) is 16.4. The normalized spacial score (nSPS) is 42.1. The fraction of sp³-hybridized carbons (Fsp3) is 1.00. The largest absolute Gasteiger partial charge is 0.0622 e. The molecule has 4 rings (SSSR count). The van der Waals surface area contributed by atoms with Crippen LogP contribution in [-0.2, 0) is 0 Å². The molecule has 4 saturated carbocycles. The molecule has 4 fully saturated rings. The molecule has 138 valence electrons. The highest BCUT2D eigenvalue weighted by Gasteiger charge is 2.47. The van der Waals surface area contributed by atoms with Crippen molar-refractivity contribution in [2.24, 2.45) is 41.4 Å². The van der Waals surface area contributed by atoms with Gasteiger partial charge in [-0.15, -0.1) is 0 Å². The first kappa shape index (κ1) is 17.4. The molecule has 24 heavy (non-hydrogen) atoms. The van der Waals surface area contributed by atoms with Crippen LogP contribution >= 0.6 is 0 Å². The third-order valence-electron chi connectivity index (χ3n) is 8.94. The molecule has 0 aromatic carbocycles. The lowest BCUT2D eigenvalue weighted by Crippen LogP contribution is -2.42. The van der Waals surface area contributed by atoms with E-state index in [4.69, 9.17) is 0 Å². The summed E-state index contributed by atoms with van der Waals surface area (Å²) in [6.45, 7) is 2.65. The maximum atomic E-state index is 2.65. The summed E-state index contributed by atoms with van der Waals surface area (Å²) in [4.78, 5) is 0. The van der Waals surface area contributed by atoms with Gasteiger partial charge in [-0.3, -0.25) is 0 Å². The van der Waals surface area contributed by atoms with Crippen LogP contribution in [0.15, 0.2) is 0 Å². The summed E-state index contributed by atoms with van der Waals surface area (Å²) in [5, 5.41) is 0. The summed E-state index contributed by atoms with van der Waals surface area (Å²) < 4.78 is 0. The minimum absolute atomic E-state index is 1.03. The number of hydrogen-bond acceptors (Lipinski definition) is 0. The molecule has 0 radical (unpaired) electrons. The second-order valence-corrected chi connectivity index (χ2v) is 10.3. The molecular formula is C24H42. The van der Waals surface area contributed by atoms with E-state index < -0.39 is 0 Å². The Balaban J connectivity index is 1.45. The van der Waals surface area contributed by atoms with Gasteiger partial charge >= 0.3 is 0 Å². The average molecular weight is 331 g/mol. The second-order valence-electron chi connectivity index (χ2n) is 10.3. The highest BCUT2D eigenvalue weighted by atomic mass is 14.5. The van der Waals surface area contributed by atoms with Gasteiger partial charge < -0.3 is 0 Å². The van der Waals surface area contributed by atoms with Crippen LogP contribution in [0.2, 0.25) is 0 Å². The third-order valence-corrected chi connectivity index (χ3v) is 8.94. The molecular weight excluding hydrogens is 288 g/mol. The van der Waals surface area contributed by atoms with Gasteiger partial charge in [-0.25, -0.2) is 0 Å². The maximum absolute atomic E-state index is 2.65. The quantitative estimate of drug-likeness (QED) is 0.497. The molecule has 0 heteroatoms. The Hall–Kier alpha value is 0. The Kier molecular flexibility index (Phi) is 5.90. The van der Waals surface area contributed by atoms with Gasteiger partial charge in [-0.2, -0.15) is 0 Å². The van der Waals surface area contributed by atoms with Crippen molar-refractivity contribution in [3.8, 4) is 0 Å². The van der Waals surface area contributed by atoms with Gasteiger partial charge in [0.05, 0.1) is 0 Å². The Morgan fingerprint density at radius 3 is 2.04 bits per heavy atom. The summed E-state index contributed by atoms with van der Waals surface area (Å²) in [5.74, 6) is 7.72. The molecule has 0 amide bonds. The molecule has 0 N–H and O–H groups in total. The second kappa shape index (κ2) is 8.13. The molecule has 5 unspecified atom stereocenters. The molecule has 0 aromatic heterocycles. The van der Waals surface area contributed by atoms with Crippen LogP contribution in [0.4, 0.5) is 0 Å². The molecule has 4 aliphatic carbocycles. The van der Waals surface area contributed by atoms with Crippen LogP contribution in [0.5, 0.6) is 0 Å². The predicted octanol–water partition coefficient (Wildman–Crippen LogP) is 7.62. The number of rotatable bonds is 4. The van der Waals surface area contributed by atoms with Crippen molar-refractivity contribution < 1.29 is 0 Å². The van der Waals surface area contributed by atoms with Crippen molar-refractivity contribution in [1.29, 1.82) is 0 Å². The van der Waals surface area contributed by atoms with Crippen LogP contribution in [-0.4, -0.2) is 0 Å². The van der Waals surface area contributed by atoms with E-state index in [0.29, 0.717) is 0 Å². The maximum Gasteiger partial charge on any atom is -0.0324 e. The van der Waals surface area contributed by atoms with E-state index in [0.717, 1.165) is 41.4 Å². The Labute approximate surface area is 151 Å². The Bertz CT molecular complexity index is 373. The molecule has 0 nitrogen and oxygen atoms in total. The fourth-order valence-electron chi connectivity index (χ4n) is 7.81. The van der Waals surface area contributed by atoms with Gasteiger partial charge in [0.25, 0.3) is 0 Å². The molecule has 0 heterocycles. The van der Waals surface area contributed by atoms with Crippen LogP contribution in [0.1, 0.15) is 110 Å². The van der Waals surface area contributed by atoms with Crippen molar-refractivity contribution in [3.63, 3.8) is 0 Å². The molecule has 5 atom stereocenters. The highest BCUT2D eigenvalue weighted by molar-refractivity contribution is 4.96. The minimum Gasteiger partial charge on any atom is -0.0622 e. The van der Waals surface area contributed by atoms with Crippen LogP contribution in [0.25, 0.3) is 0 Å². The van der Waals surface area contributed by atoms with Gasteiger partial charge in [-0.05, 0) is 60.7 Å². The monoisotopic (exact) mass is 330 g/mol. The van der Waals surface area contributed by atoms with E-state index in [9.17, 15) is 0 Å². The summed E-state index contributed by atoms with van der Waals surface area (Å²) >= 11 is 0. The molecule has 0 bridgehead atoms. The number of fused-ring (bicyclic) bond motifs is 1. The van der Waals surface area contributed by atoms with Gasteiger partial charge in [0.15, 0.2) is 0 Å². The van der Waals surface area contributed by atoms with Gasteiger partial charge in [0.1, 0.15) is 0 Å². The van der Waals surface area contributed by atoms with E-state index in [2.05, 4.69) is 6.92 Å². The van der Waals surface area contributed by atoms with Crippen molar-refractivity contribution in [2.45, 2.75) is 110 Å². The SMILES string of the molecule is CC1CC2CCCC2C(C2CCCCC2)C1CCC1CCCCC1. The molecule has 4 aliphatic rings. The first-order chi connectivity index (χ1) is 11.8. The lowest BCUT2D eigenvalue weighted by Gasteiger charge is -2.49. The van der Waals surface area contributed by atoms with Crippen LogP contribution < -0.4 is 0 Å². The average Bonchev–Trinajstić information content (AvgIpc) is 3.09. The first-order valence-electron chi connectivity index (χ1n) is 11.8. The Morgan fingerprint density at radius 1 is 0.625 bits per heavy atom. The van der Waals surface area contributed by atoms with E-state index in [-0.39, 0.29) is 0 Å². The molecule has 0 aliphatic heterocycles. The summed E-state index contributed by atoms with van der Waals surface area (Å²) in [5.41, 5.74) is 0. The zero-order chi connectivity index (χ0) is 16.4. The van der Waals surface area contributed by atoms with Crippen molar-refractivity contribution in [1.82, 2.24) is 0 Å². The van der Waals surface area contributed by atoms with Gasteiger partial charge in [-0.1, -0.05) is 90.4 Å². The standard InChI is InChI=1S/C24H42/c1-18-17-21-13-8-14-23(21)24(20-11-6-3-7-12-20)22(18)16-15-19-9-4-2-5-10-19/h18-24H,2-17H2,1H3. The lowest BCUT2D eigenvalue weighted by atomic mass is 9.56. The fourth-order valence-corrected chi connectivity index (χ4v) is 7.81. The molecule has 0 aromatic rings. The highest BCUT2D eigenvalue weighted by Crippen LogP contribution is 2.56. The van der Waals surface area contributed by atoms with Crippen LogP contribution in [0.3, 0.4) is 0 Å². The van der Waals surface area contributed by atoms with Crippen LogP contribution in [0, 0.1) is 41.4 Å². The molecule has 0 spiro atoms. The minimum atomic E-state index is 1.03. The van der Waals surface area contributed by atoms with Crippen molar-refractivity contribution >= 4 is 0 Å².